The standard InChI is InChI=1S/C9H7BrF4N2O/c10-6-2-1-5(11)3-7(6)16-8(17)15-4-9(12,13)14/h1-3H,4H2,(H2,15,16,17). The molecule has 0 bridgehead atoms. The number of benzene rings is 1. The highest BCUT2D eigenvalue weighted by Crippen LogP contribution is 2.22. The van der Waals surface area contributed by atoms with Crippen LogP contribution < -0.4 is 10.6 Å². The number of hydrogen-bond acceptors (Lipinski definition) is 1. The van der Waals surface area contributed by atoms with Crippen molar-refractivity contribution in [2.75, 3.05) is 11.9 Å². The van der Waals surface area contributed by atoms with Crippen LogP contribution >= 0.6 is 15.9 Å². The van der Waals surface area contributed by atoms with Gasteiger partial charge in [0.05, 0.1) is 5.69 Å². The minimum Gasteiger partial charge on any atom is -0.329 e. The highest BCUT2D eigenvalue weighted by atomic mass is 79.9. The monoisotopic (exact) mass is 314 g/mol. The molecule has 0 unspecified atom stereocenters. The van der Waals surface area contributed by atoms with Gasteiger partial charge in [0.2, 0.25) is 0 Å². The molecule has 8 heteroatoms. The number of carbonyl (C=O) groups excluding carboxylic acids is 1. The number of alkyl halides is 3. The van der Waals surface area contributed by atoms with Crippen LogP contribution in [0, 0.1) is 5.82 Å². The van der Waals surface area contributed by atoms with Gasteiger partial charge in [-0.3, -0.25) is 0 Å². The molecule has 0 heterocycles. The molecule has 2 amide bonds. The molecular weight excluding hydrogens is 308 g/mol. The Morgan fingerprint density at radius 2 is 2.00 bits per heavy atom. The van der Waals surface area contributed by atoms with Crippen LogP contribution in [0.2, 0.25) is 0 Å². The SMILES string of the molecule is O=C(NCC(F)(F)F)Nc1cc(F)ccc1Br. The summed E-state index contributed by atoms with van der Waals surface area (Å²) >= 11 is 3.02. The fourth-order valence-corrected chi connectivity index (χ4v) is 1.29. The lowest BCUT2D eigenvalue weighted by Gasteiger charge is -2.10. The van der Waals surface area contributed by atoms with Crippen molar-refractivity contribution in [2.45, 2.75) is 6.18 Å². The summed E-state index contributed by atoms with van der Waals surface area (Å²) in [6, 6.07) is 2.39. The maximum Gasteiger partial charge on any atom is 0.405 e. The number of rotatable bonds is 2. The number of anilines is 1. The third-order valence-corrected chi connectivity index (χ3v) is 2.32. The molecule has 2 N–H and O–H groups in total. The van der Waals surface area contributed by atoms with Gasteiger partial charge in [-0.15, -0.1) is 0 Å². The van der Waals surface area contributed by atoms with Gasteiger partial charge in [0, 0.05) is 4.47 Å². The van der Waals surface area contributed by atoms with Crippen LogP contribution in [-0.2, 0) is 0 Å². The summed E-state index contributed by atoms with van der Waals surface area (Å²) in [6.07, 6.45) is -4.49. The van der Waals surface area contributed by atoms with E-state index in [1.54, 1.807) is 5.32 Å². The number of hydrogen-bond donors (Lipinski definition) is 2. The first-order valence-corrected chi connectivity index (χ1v) is 5.14. The summed E-state index contributed by atoms with van der Waals surface area (Å²) in [4.78, 5) is 11.1. The van der Waals surface area contributed by atoms with Gasteiger partial charge in [-0.25, -0.2) is 9.18 Å². The lowest BCUT2D eigenvalue weighted by molar-refractivity contribution is -0.122. The molecule has 17 heavy (non-hydrogen) atoms. The predicted octanol–water partition coefficient (Wildman–Crippen LogP) is 3.27. The van der Waals surface area contributed by atoms with Gasteiger partial charge in [-0.1, -0.05) is 0 Å². The molecular formula is C9H7BrF4N2O. The maximum atomic E-state index is 12.8. The van der Waals surface area contributed by atoms with Crippen LogP contribution in [0.5, 0.6) is 0 Å². The van der Waals surface area contributed by atoms with Crippen LogP contribution in [0.4, 0.5) is 28.0 Å². The van der Waals surface area contributed by atoms with Crippen LogP contribution in [-0.4, -0.2) is 18.8 Å². The van der Waals surface area contributed by atoms with E-state index < -0.39 is 24.6 Å². The van der Waals surface area contributed by atoms with Gasteiger partial charge in [0.25, 0.3) is 0 Å². The van der Waals surface area contributed by atoms with Gasteiger partial charge in [0.15, 0.2) is 0 Å². The normalized spacial score (nSPS) is 11.1. The average molecular weight is 315 g/mol. The van der Waals surface area contributed by atoms with Crippen molar-refractivity contribution in [1.82, 2.24) is 5.32 Å². The molecule has 0 atom stereocenters. The predicted molar refractivity (Wildman–Crippen MR) is 57.2 cm³/mol. The van der Waals surface area contributed by atoms with Crippen LogP contribution in [0.3, 0.4) is 0 Å². The minimum absolute atomic E-state index is 0.0460. The molecule has 0 spiro atoms. The first-order valence-electron chi connectivity index (χ1n) is 4.34. The zero-order valence-electron chi connectivity index (χ0n) is 8.24. The summed E-state index contributed by atoms with van der Waals surface area (Å²) in [6.45, 7) is -1.45. The fraction of sp³-hybridized carbons (Fsp3) is 0.222. The quantitative estimate of drug-likeness (QED) is 0.808. The number of amides is 2. The lowest BCUT2D eigenvalue weighted by atomic mass is 10.3. The molecule has 1 aromatic carbocycles. The molecule has 0 aliphatic heterocycles. The fourth-order valence-electron chi connectivity index (χ4n) is 0.940. The highest BCUT2D eigenvalue weighted by molar-refractivity contribution is 9.10. The number of carbonyl (C=O) groups is 1. The second kappa shape index (κ2) is 5.35. The van der Waals surface area contributed by atoms with Gasteiger partial charge < -0.3 is 10.6 Å². The van der Waals surface area contributed by atoms with E-state index in [2.05, 4.69) is 21.2 Å². The average Bonchev–Trinajstić information content (AvgIpc) is 2.20. The molecule has 0 radical (unpaired) electrons. The van der Waals surface area contributed by atoms with Crippen molar-refractivity contribution < 1.29 is 22.4 Å². The zero-order chi connectivity index (χ0) is 13.1. The maximum absolute atomic E-state index is 12.8. The van der Waals surface area contributed by atoms with E-state index in [0.717, 1.165) is 12.1 Å². The zero-order valence-corrected chi connectivity index (χ0v) is 9.82. The Morgan fingerprint density at radius 1 is 1.35 bits per heavy atom. The third kappa shape index (κ3) is 5.03. The van der Waals surface area contributed by atoms with Gasteiger partial charge in [-0.2, -0.15) is 13.2 Å². The molecule has 3 nitrogen and oxygen atoms in total. The third-order valence-electron chi connectivity index (χ3n) is 1.63. The molecule has 94 valence electrons. The molecule has 0 aliphatic rings. The first kappa shape index (κ1) is 13.8. The van der Waals surface area contributed by atoms with E-state index in [4.69, 9.17) is 0 Å². The van der Waals surface area contributed by atoms with Crippen molar-refractivity contribution in [3.63, 3.8) is 0 Å². The van der Waals surface area contributed by atoms with Gasteiger partial charge in [0.1, 0.15) is 12.4 Å². The van der Waals surface area contributed by atoms with Crippen molar-refractivity contribution in [2.24, 2.45) is 0 Å². The van der Waals surface area contributed by atoms with Gasteiger partial charge >= 0.3 is 12.2 Å². The van der Waals surface area contributed by atoms with E-state index in [-0.39, 0.29) is 5.69 Å². The first-order chi connectivity index (χ1) is 7.78. The van der Waals surface area contributed by atoms with E-state index in [1.165, 1.54) is 6.07 Å². The molecule has 0 saturated carbocycles. The Morgan fingerprint density at radius 3 is 2.59 bits per heavy atom. The lowest BCUT2D eigenvalue weighted by Crippen LogP contribution is -2.36. The second-order valence-corrected chi connectivity index (χ2v) is 3.90. The second-order valence-electron chi connectivity index (χ2n) is 3.05. The van der Waals surface area contributed by atoms with Crippen LogP contribution in [0.1, 0.15) is 0 Å². The summed E-state index contributed by atoms with van der Waals surface area (Å²) in [7, 11) is 0. The van der Waals surface area contributed by atoms with E-state index in [0.29, 0.717) is 4.47 Å². The Balaban J connectivity index is 2.59. The largest absolute Gasteiger partial charge is 0.405 e. The van der Waals surface area contributed by atoms with E-state index in [9.17, 15) is 22.4 Å². The summed E-state index contributed by atoms with van der Waals surface area (Å²) < 4.78 is 48.5. The Bertz CT molecular complexity index is 422. The molecule has 0 fully saturated rings. The van der Waals surface area contributed by atoms with E-state index >= 15 is 0 Å². The Kier molecular flexibility index (Phi) is 4.33. The highest BCUT2D eigenvalue weighted by Gasteiger charge is 2.27. The Hall–Kier alpha value is -1.31. The molecule has 0 aromatic heterocycles. The molecule has 0 aliphatic carbocycles. The summed E-state index contributed by atoms with van der Waals surface area (Å²) in [5, 5.41) is 3.69. The number of nitrogens with one attached hydrogen (secondary N) is 2. The number of urea groups is 1. The van der Waals surface area contributed by atoms with Crippen LogP contribution in [0.15, 0.2) is 22.7 Å². The molecule has 1 aromatic rings. The summed E-state index contributed by atoms with van der Waals surface area (Å²) in [5.41, 5.74) is 0.0460. The molecule has 0 saturated heterocycles. The van der Waals surface area contributed by atoms with Gasteiger partial charge in [-0.05, 0) is 34.1 Å². The van der Waals surface area contributed by atoms with Crippen molar-refractivity contribution >= 4 is 27.6 Å². The molecule has 1 rings (SSSR count). The van der Waals surface area contributed by atoms with Crippen molar-refractivity contribution in [3.8, 4) is 0 Å². The Labute approximate surface area is 102 Å². The van der Waals surface area contributed by atoms with Crippen molar-refractivity contribution in [3.05, 3.63) is 28.5 Å². The minimum atomic E-state index is -4.49. The number of halogens is 5. The van der Waals surface area contributed by atoms with E-state index in [1.807, 2.05) is 0 Å². The van der Waals surface area contributed by atoms with Crippen LogP contribution in [0.25, 0.3) is 0 Å². The topological polar surface area (TPSA) is 41.1 Å². The summed E-state index contributed by atoms with van der Waals surface area (Å²) in [5.74, 6) is -0.612. The van der Waals surface area contributed by atoms with Crippen molar-refractivity contribution in [1.29, 1.82) is 0 Å². The smallest absolute Gasteiger partial charge is 0.329 e.